The third-order valence-electron chi connectivity index (χ3n) is 3.11. The Labute approximate surface area is 79.7 Å². The van der Waals surface area contributed by atoms with Crippen molar-refractivity contribution in [3.05, 3.63) is 0 Å². The van der Waals surface area contributed by atoms with Gasteiger partial charge in [0, 0.05) is 0 Å². The van der Waals surface area contributed by atoms with Gasteiger partial charge in [-0.2, -0.15) is 0 Å². The summed E-state index contributed by atoms with van der Waals surface area (Å²) in [6.07, 6.45) is -1.11. The number of amides is 1. The molecule has 1 saturated heterocycles. The summed E-state index contributed by atoms with van der Waals surface area (Å²) in [5, 5.41) is 27.1. The molecule has 1 heterocycles. The summed E-state index contributed by atoms with van der Waals surface area (Å²) in [6, 6.07) is -1.50. The molecule has 1 aliphatic heterocycles. The van der Waals surface area contributed by atoms with Crippen LogP contribution in [0.3, 0.4) is 0 Å². The number of aliphatic carboxylic acids is 1. The Kier molecular flexibility index (Phi) is 1.88. The van der Waals surface area contributed by atoms with E-state index in [1.165, 1.54) is 0 Å². The van der Waals surface area contributed by atoms with Gasteiger partial charge in [0.1, 0.15) is 6.04 Å². The van der Waals surface area contributed by atoms with Crippen molar-refractivity contribution >= 4 is 12.1 Å². The highest BCUT2D eigenvalue weighted by Gasteiger charge is 2.55. The van der Waals surface area contributed by atoms with Crippen molar-refractivity contribution in [1.29, 1.82) is 0 Å². The number of aliphatic hydroxyl groups is 1. The van der Waals surface area contributed by atoms with Crippen LogP contribution in [0, 0.1) is 5.92 Å². The minimum atomic E-state index is -1.26. The molecule has 0 radical (unpaired) electrons. The first-order chi connectivity index (χ1) is 6.52. The molecule has 0 unspecified atom stereocenters. The first kappa shape index (κ1) is 9.26. The molecule has 1 saturated carbocycles. The van der Waals surface area contributed by atoms with E-state index in [4.69, 9.17) is 10.2 Å². The van der Waals surface area contributed by atoms with Crippen molar-refractivity contribution in [2.24, 2.45) is 5.92 Å². The van der Waals surface area contributed by atoms with E-state index in [1.54, 1.807) is 0 Å². The van der Waals surface area contributed by atoms with Crippen LogP contribution in [0.2, 0.25) is 0 Å². The summed E-state index contributed by atoms with van der Waals surface area (Å²) in [7, 11) is 0. The number of carbonyl (C=O) groups is 2. The Morgan fingerprint density at radius 3 is 2.36 bits per heavy atom. The average molecular weight is 201 g/mol. The van der Waals surface area contributed by atoms with Crippen LogP contribution in [0.1, 0.15) is 12.8 Å². The van der Waals surface area contributed by atoms with E-state index >= 15 is 0 Å². The van der Waals surface area contributed by atoms with Crippen LogP contribution < -0.4 is 0 Å². The van der Waals surface area contributed by atoms with Crippen LogP contribution in [0.15, 0.2) is 0 Å². The Morgan fingerprint density at radius 1 is 1.21 bits per heavy atom. The van der Waals surface area contributed by atoms with Gasteiger partial charge in [-0.25, -0.2) is 9.59 Å². The molecule has 2 aliphatic rings. The van der Waals surface area contributed by atoms with Gasteiger partial charge in [-0.05, 0) is 18.8 Å². The fraction of sp³-hybridized carbons (Fsp3) is 0.750. The number of aliphatic hydroxyl groups excluding tert-OH is 1. The van der Waals surface area contributed by atoms with Crippen molar-refractivity contribution in [2.45, 2.75) is 31.0 Å². The van der Waals surface area contributed by atoms with Gasteiger partial charge in [0.15, 0.2) is 0 Å². The third-order valence-corrected chi connectivity index (χ3v) is 3.11. The summed E-state index contributed by atoms with van der Waals surface area (Å²) in [5.74, 6) is -1.35. The first-order valence-corrected chi connectivity index (χ1v) is 4.44. The standard InChI is InChI=1S/C8H11NO5/c10-5-2-3-1-4(5)9(8(13)14)6(3)7(11)12/h3-6,10H,1-2H2,(H,11,12)(H,13,14)/t3-,4+,5+,6+/m0/s1. The van der Waals surface area contributed by atoms with Crippen molar-refractivity contribution in [3.63, 3.8) is 0 Å². The molecule has 6 nitrogen and oxygen atoms in total. The molecule has 1 aliphatic carbocycles. The van der Waals surface area contributed by atoms with E-state index in [0.717, 1.165) is 4.90 Å². The zero-order chi connectivity index (χ0) is 10.5. The zero-order valence-electron chi connectivity index (χ0n) is 7.33. The van der Waals surface area contributed by atoms with Gasteiger partial charge in [0.2, 0.25) is 0 Å². The summed E-state index contributed by atoms with van der Waals surface area (Å²) >= 11 is 0. The largest absolute Gasteiger partial charge is 0.480 e. The van der Waals surface area contributed by atoms with Crippen LogP contribution in [0.25, 0.3) is 0 Å². The maximum Gasteiger partial charge on any atom is 0.408 e. The van der Waals surface area contributed by atoms with Crippen LogP contribution in [-0.2, 0) is 4.79 Å². The SMILES string of the molecule is O=C(O)[C@H]1[C@@H]2C[C@@H](O)[C@@H](C2)N1C(=O)O. The normalized spacial score (nSPS) is 40.2. The summed E-state index contributed by atoms with van der Waals surface area (Å²) in [4.78, 5) is 22.5. The van der Waals surface area contributed by atoms with E-state index in [-0.39, 0.29) is 5.92 Å². The predicted octanol–water partition coefficient (Wildman–Crippen LogP) is -0.427. The lowest BCUT2D eigenvalue weighted by Crippen LogP contribution is -2.53. The quantitative estimate of drug-likeness (QED) is 0.535. The number of likely N-dealkylation sites (tertiary alicyclic amines) is 1. The van der Waals surface area contributed by atoms with Crippen LogP contribution in [0.5, 0.6) is 0 Å². The lowest BCUT2D eigenvalue weighted by Gasteiger charge is -2.32. The van der Waals surface area contributed by atoms with E-state index in [0.29, 0.717) is 12.8 Å². The number of piperidine rings is 1. The Bertz CT molecular complexity index is 291. The summed E-state index contributed by atoms with van der Waals surface area (Å²) in [5.41, 5.74) is 0. The maximum atomic E-state index is 10.8. The Morgan fingerprint density at radius 2 is 1.86 bits per heavy atom. The predicted molar refractivity (Wildman–Crippen MR) is 43.8 cm³/mol. The van der Waals surface area contributed by atoms with E-state index in [2.05, 4.69) is 0 Å². The molecule has 4 atom stereocenters. The molecule has 0 aromatic carbocycles. The number of hydrogen-bond acceptors (Lipinski definition) is 3. The number of hydrogen-bond donors (Lipinski definition) is 3. The highest BCUT2D eigenvalue weighted by atomic mass is 16.4. The molecule has 0 aromatic rings. The van der Waals surface area contributed by atoms with Crippen LogP contribution in [-0.4, -0.2) is 50.5 Å². The number of rotatable bonds is 1. The van der Waals surface area contributed by atoms with Crippen molar-refractivity contribution in [2.75, 3.05) is 0 Å². The highest BCUT2D eigenvalue weighted by molar-refractivity contribution is 5.81. The maximum absolute atomic E-state index is 10.8. The van der Waals surface area contributed by atoms with Gasteiger partial charge in [-0.1, -0.05) is 0 Å². The Balaban J connectivity index is 2.27. The third kappa shape index (κ3) is 1.07. The molecule has 0 aromatic heterocycles. The second-order valence-corrected chi connectivity index (χ2v) is 3.84. The van der Waals surface area contributed by atoms with Gasteiger partial charge in [0.05, 0.1) is 12.1 Å². The van der Waals surface area contributed by atoms with Crippen LogP contribution >= 0.6 is 0 Å². The molecule has 1 amide bonds. The smallest absolute Gasteiger partial charge is 0.408 e. The molecule has 2 bridgehead atoms. The van der Waals surface area contributed by atoms with Crippen molar-refractivity contribution in [1.82, 2.24) is 4.90 Å². The fourth-order valence-electron chi connectivity index (χ4n) is 2.60. The lowest BCUT2D eigenvalue weighted by molar-refractivity contribution is -0.145. The van der Waals surface area contributed by atoms with E-state index in [1.807, 2.05) is 0 Å². The second kappa shape index (κ2) is 2.84. The molecule has 3 N–H and O–H groups in total. The number of carboxylic acid groups (broad SMARTS) is 2. The monoisotopic (exact) mass is 201 g/mol. The molecule has 0 spiro atoms. The van der Waals surface area contributed by atoms with E-state index in [9.17, 15) is 14.7 Å². The first-order valence-electron chi connectivity index (χ1n) is 4.44. The topological polar surface area (TPSA) is 98.1 Å². The van der Waals surface area contributed by atoms with Gasteiger partial charge in [0.25, 0.3) is 0 Å². The summed E-state index contributed by atoms with van der Waals surface area (Å²) in [6.45, 7) is 0. The van der Waals surface area contributed by atoms with Crippen LogP contribution in [0.4, 0.5) is 4.79 Å². The fourth-order valence-corrected chi connectivity index (χ4v) is 2.60. The van der Waals surface area contributed by atoms with Gasteiger partial charge < -0.3 is 15.3 Å². The molecule has 78 valence electrons. The van der Waals surface area contributed by atoms with Crippen molar-refractivity contribution < 1.29 is 24.9 Å². The minimum Gasteiger partial charge on any atom is -0.480 e. The van der Waals surface area contributed by atoms with Gasteiger partial charge in [-0.3, -0.25) is 4.90 Å². The van der Waals surface area contributed by atoms with Crippen molar-refractivity contribution in [3.8, 4) is 0 Å². The van der Waals surface area contributed by atoms with E-state index < -0.39 is 30.3 Å². The number of fused-ring (bicyclic) bond motifs is 2. The molecule has 2 fully saturated rings. The average Bonchev–Trinajstić information content (AvgIpc) is 2.58. The number of carboxylic acids is 1. The number of nitrogens with zero attached hydrogens (tertiary/aromatic N) is 1. The molecule has 2 rings (SSSR count). The highest BCUT2D eigenvalue weighted by Crippen LogP contribution is 2.42. The zero-order valence-corrected chi connectivity index (χ0v) is 7.33. The van der Waals surface area contributed by atoms with Gasteiger partial charge in [-0.15, -0.1) is 0 Å². The lowest BCUT2D eigenvalue weighted by atomic mass is 9.98. The second-order valence-electron chi connectivity index (χ2n) is 3.84. The molecule has 14 heavy (non-hydrogen) atoms. The van der Waals surface area contributed by atoms with Gasteiger partial charge >= 0.3 is 12.1 Å². The minimum absolute atomic E-state index is 0.233. The molecular weight excluding hydrogens is 190 g/mol. The molecule has 6 heteroatoms. The molecular formula is C8H11NO5. The Hall–Kier alpha value is -1.30. The summed E-state index contributed by atoms with van der Waals surface area (Å²) < 4.78 is 0.